The van der Waals surface area contributed by atoms with E-state index in [2.05, 4.69) is 52.6 Å². The van der Waals surface area contributed by atoms with Crippen LogP contribution in [0.15, 0.2) is 63.3 Å². The average molecular weight is 311 g/mol. The number of para-hydroxylation sites is 1. The summed E-state index contributed by atoms with van der Waals surface area (Å²) >= 11 is 1.78. The molecule has 2 heterocycles. The molecule has 2 aliphatic rings. The third-order valence-corrected chi connectivity index (χ3v) is 4.84. The van der Waals surface area contributed by atoms with E-state index >= 15 is 0 Å². The first kappa shape index (κ1) is 15.3. The molecule has 22 heavy (non-hydrogen) atoms. The van der Waals surface area contributed by atoms with Crippen molar-refractivity contribution < 1.29 is 0 Å². The molecule has 1 saturated heterocycles. The van der Waals surface area contributed by atoms with Crippen molar-refractivity contribution in [3.63, 3.8) is 0 Å². The Balaban J connectivity index is 0.000000174. The van der Waals surface area contributed by atoms with E-state index in [0.29, 0.717) is 0 Å². The Morgan fingerprint density at radius 3 is 2.36 bits per heavy atom. The first-order valence-corrected chi connectivity index (χ1v) is 8.44. The number of hydrogen-bond acceptors (Lipinski definition) is 4. The monoisotopic (exact) mass is 311 g/mol. The van der Waals surface area contributed by atoms with Gasteiger partial charge in [-0.2, -0.15) is 0 Å². The molecule has 2 aliphatic heterocycles. The highest BCUT2D eigenvalue weighted by molar-refractivity contribution is 7.99. The zero-order valence-electron chi connectivity index (χ0n) is 12.8. The molecule has 0 aromatic heterocycles. The highest BCUT2D eigenvalue weighted by atomic mass is 32.2. The summed E-state index contributed by atoms with van der Waals surface area (Å²) in [6.07, 6.45) is 1.94. The molecule has 3 nitrogen and oxygen atoms in total. The van der Waals surface area contributed by atoms with Gasteiger partial charge in [0.05, 0.1) is 5.69 Å². The molecule has 114 valence electrons. The highest BCUT2D eigenvalue weighted by Crippen LogP contribution is 2.38. The Bertz CT molecular complexity index is 601. The lowest BCUT2D eigenvalue weighted by Crippen LogP contribution is -2.40. The van der Waals surface area contributed by atoms with E-state index < -0.39 is 0 Å². The van der Waals surface area contributed by atoms with Gasteiger partial charge in [-0.3, -0.25) is 4.99 Å². The van der Waals surface area contributed by atoms with Gasteiger partial charge in [0.25, 0.3) is 0 Å². The fraction of sp³-hybridized carbons (Fsp3) is 0.278. The molecule has 1 N–H and O–H groups in total. The van der Waals surface area contributed by atoms with Crippen LogP contribution in [-0.2, 0) is 0 Å². The van der Waals surface area contributed by atoms with Crippen molar-refractivity contribution in [3.05, 3.63) is 54.1 Å². The van der Waals surface area contributed by atoms with E-state index in [1.165, 1.54) is 28.4 Å². The zero-order chi connectivity index (χ0) is 15.2. The summed E-state index contributed by atoms with van der Waals surface area (Å²) in [5.41, 5.74) is 2.25. The average Bonchev–Trinajstić information content (AvgIpc) is 2.75. The third-order valence-electron chi connectivity index (χ3n) is 3.69. The summed E-state index contributed by atoms with van der Waals surface area (Å²) in [4.78, 5) is 9.30. The van der Waals surface area contributed by atoms with E-state index in [4.69, 9.17) is 0 Å². The van der Waals surface area contributed by atoms with Gasteiger partial charge in [-0.25, -0.2) is 0 Å². The van der Waals surface area contributed by atoms with Crippen molar-refractivity contribution in [2.45, 2.75) is 9.79 Å². The summed E-state index contributed by atoms with van der Waals surface area (Å²) in [7, 11) is 2.15. The van der Waals surface area contributed by atoms with Gasteiger partial charge in [0.1, 0.15) is 0 Å². The Kier molecular flexibility index (Phi) is 5.27. The third kappa shape index (κ3) is 3.97. The second kappa shape index (κ2) is 7.58. The fourth-order valence-corrected chi connectivity index (χ4v) is 3.36. The van der Waals surface area contributed by atoms with Crippen LogP contribution in [0.3, 0.4) is 0 Å². The fourth-order valence-electron chi connectivity index (χ4n) is 2.36. The second-order valence-corrected chi connectivity index (χ2v) is 6.50. The van der Waals surface area contributed by atoms with Crippen molar-refractivity contribution in [2.24, 2.45) is 4.99 Å². The molecule has 1 fully saturated rings. The minimum Gasteiger partial charge on any atom is -0.314 e. The Labute approximate surface area is 136 Å². The van der Waals surface area contributed by atoms with Crippen LogP contribution >= 0.6 is 11.8 Å². The predicted molar refractivity (Wildman–Crippen MR) is 94.6 cm³/mol. The van der Waals surface area contributed by atoms with Crippen molar-refractivity contribution in [2.75, 3.05) is 33.2 Å². The van der Waals surface area contributed by atoms with Gasteiger partial charge >= 0.3 is 0 Å². The predicted octanol–water partition coefficient (Wildman–Crippen LogP) is 3.42. The standard InChI is InChI=1S/C13H9NS.C5H12N2/c1-3-7-12-10(5-1)9-14-11-6-2-4-8-13(11)15-12;1-7-4-2-6-3-5-7/h1-9H;6H,2-5H2,1H3. The highest BCUT2D eigenvalue weighted by Gasteiger charge is 2.09. The Hall–Kier alpha value is -1.62. The van der Waals surface area contributed by atoms with Gasteiger partial charge in [0.15, 0.2) is 0 Å². The van der Waals surface area contributed by atoms with Crippen LogP contribution in [0.25, 0.3) is 0 Å². The smallest absolute Gasteiger partial charge is 0.0769 e. The normalized spacial score (nSPS) is 16.8. The molecule has 4 rings (SSSR count). The maximum atomic E-state index is 4.48. The Morgan fingerprint density at radius 2 is 1.64 bits per heavy atom. The number of fused-ring (bicyclic) bond motifs is 2. The molecule has 0 saturated carbocycles. The molecular weight excluding hydrogens is 290 g/mol. The first-order valence-electron chi connectivity index (χ1n) is 7.62. The summed E-state index contributed by atoms with van der Waals surface area (Å²) < 4.78 is 0. The number of hydrogen-bond donors (Lipinski definition) is 1. The lowest BCUT2D eigenvalue weighted by molar-refractivity contribution is 0.291. The molecule has 0 aliphatic carbocycles. The Morgan fingerprint density at radius 1 is 0.955 bits per heavy atom. The number of rotatable bonds is 0. The van der Waals surface area contributed by atoms with E-state index in [-0.39, 0.29) is 0 Å². The van der Waals surface area contributed by atoms with E-state index in [1.54, 1.807) is 11.8 Å². The molecule has 0 amide bonds. The molecule has 0 atom stereocenters. The van der Waals surface area contributed by atoms with Gasteiger partial charge in [0.2, 0.25) is 0 Å². The van der Waals surface area contributed by atoms with Crippen molar-refractivity contribution in [3.8, 4) is 0 Å². The van der Waals surface area contributed by atoms with Crippen molar-refractivity contribution in [1.29, 1.82) is 0 Å². The van der Waals surface area contributed by atoms with Crippen LogP contribution in [0.4, 0.5) is 5.69 Å². The van der Waals surface area contributed by atoms with Crippen LogP contribution in [-0.4, -0.2) is 44.3 Å². The second-order valence-electron chi connectivity index (χ2n) is 5.42. The molecular formula is C18H21N3S. The van der Waals surface area contributed by atoms with E-state index in [0.717, 1.165) is 18.8 Å². The van der Waals surface area contributed by atoms with Crippen LogP contribution in [0.2, 0.25) is 0 Å². The van der Waals surface area contributed by atoms with Crippen LogP contribution in [0.5, 0.6) is 0 Å². The molecule has 0 spiro atoms. The van der Waals surface area contributed by atoms with Crippen LogP contribution in [0, 0.1) is 0 Å². The molecule has 4 heteroatoms. The van der Waals surface area contributed by atoms with Crippen LogP contribution < -0.4 is 5.32 Å². The summed E-state index contributed by atoms with van der Waals surface area (Å²) in [5.74, 6) is 0. The molecule has 0 unspecified atom stereocenters. The number of nitrogens with zero attached hydrogens (tertiary/aromatic N) is 2. The number of piperazine rings is 1. The summed E-state index contributed by atoms with van der Waals surface area (Å²) in [6.45, 7) is 4.74. The van der Waals surface area contributed by atoms with Crippen molar-refractivity contribution in [1.82, 2.24) is 10.2 Å². The van der Waals surface area contributed by atoms with Gasteiger partial charge in [-0.1, -0.05) is 42.1 Å². The van der Waals surface area contributed by atoms with Gasteiger partial charge in [0, 0.05) is 47.7 Å². The molecule has 0 bridgehead atoms. The molecule has 2 aromatic carbocycles. The maximum absolute atomic E-state index is 4.48. The topological polar surface area (TPSA) is 27.6 Å². The first-order chi connectivity index (χ1) is 10.8. The number of likely N-dealkylation sites (N-methyl/N-ethyl adjacent to an activating group) is 1. The van der Waals surface area contributed by atoms with Crippen molar-refractivity contribution >= 4 is 23.7 Å². The maximum Gasteiger partial charge on any atom is 0.0769 e. The van der Waals surface area contributed by atoms with Gasteiger partial charge in [-0.05, 0) is 25.2 Å². The van der Waals surface area contributed by atoms with E-state index in [9.17, 15) is 0 Å². The van der Waals surface area contributed by atoms with E-state index in [1.807, 2.05) is 24.4 Å². The molecule has 0 radical (unpaired) electrons. The minimum absolute atomic E-state index is 1.05. The summed E-state index contributed by atoms with van der Waals surface area (Å²) in [6, 6.07) is 16.6. The zero-order valence-corrected chi connectivity index (χ0v) is 13.6. The minimum atomic E-state index is 1.05. The quantitative estimate of drug-likeness (QED) is 0.689. The van der Waals surface area contributed by atoms with Crippen LogP contribution in [0.1, 0.15) is 5.56 Å². The van der Waals surface area contributed by atoms with Gasteiger partial charge < -0.3 is 10.2 Å². The summed E-state index contributed by atoms with van der Waals surface area (Å²) in [5, 5.41) is 3.27. The lowest BCUT2D eigenvalue weighted by Gasteiger charge is -2.21. The lowest BCUT2D eigenvalue weighted by atomic mass is 10.2. The molecule has 2 aromatic rings. The SMILES string of the molecule is C1=Nc2ccccc2Sc2ccccc21.CN1CCNCC1. The number of aliphatic imine (C=N–C) groups is 1. The number of nitrogens with one attached hydrogen (secondary N) is 1. The van der Waals surface area contributed by atoms with Gasteiger partial charge in [-0.15, -0.1) is 0 Å². The largest absolute Gasteiger partial charge is 0.314 e. The number of benzene rings is 2.